The van der Waals surface area contributed by atoms with E-state index < -0.39 is 17.9 Å². The van der Waals surface area contributed by atoms with Gasteiger partial charge in [0.25, 0.3) is 0 Å². The molecule has 0 spiro atoms. The molecule has 0 aliphatic rings. The van der Waals surface area contributed by atoms with Crippen LogP contribution in [0.3, 0.4) is 0 Å². The molecule has 35 heavy (non-hydrogen) atoms. The number of esters is 2. The van der Waals surface area contributed by atoms with Gasteiger partial charge in [-0.15, -0.1) is 0 Å². The molecule has 0 atom stereocenters. The Balaban J connectivity index is 2.48. The molecule has 0 saturated carbocycles. The molecule has 1 rings (SSSR count). The van der Waals surface area contributed by atoms with Crippen molar-refractivity contribution in [2.24, 2.45) is 0 Å². The molecule has 0 fully saturated rings. The first-order chi connectivity index (χ1) is 17.0. The maximum atomic E-state index is 12.5. The summed E-state index contributed by atoms with van der Waals surface area (Å²) >= 11 is 0. The monoisotopic (exact) mass is 502 g/mol. The molecular weight excluding hydrogens is 468 g/mol. The van der Waals surface area contributed by atoms with Crippen LogP contribution < -0.4 is 0 Å². The first-order valence-corrected chi connectivity index (χ1v) is 11.0. The highest BCUT2D eigenvalue weighted by atomic mass is 16.6. The van der Waals surface area contributed by atoms with E-state index in [4.69, 9.17) is 37.9 Å². The van der Waals surface area contributed by atoms with Crippen LogP contribution in [0.5, 0.6) is 0 Å². The van der Waals surface area contributed by atoms with Gasteiger partial charge < -0.3 is 43.0 Å². The van der Waals surface area contributed by atoms with E-state index in [2.05, 4.69) is 0 Å². The Bertz CT molecular complexity index is 752. The third-order valence-corrected chi connectivity index (χ3v) is 4.24. The van der Waals surface area contributed by atoms with Crippen molar-refractivity contribution in [2.45, 2.75) is 0 Å². The van der Waals surface area contributed by atoms with Crippen molar-refractivity contribution in [1.82, 2.24) is 0 Å². The SMILES string of the molecule is COCCOCCOCCOC(=O)c1ccc(C(=O)O)cc1C(=O)OCCOCCOCCOC. The zero-order chi connectivity index (χ0) is 25.7. The van der Waals surface area contributed by atoms with Crippen LogP contribution in [0.25, 0.3) is 0 Å². The second-order valence-electron chi connectivity index (χ2n) is 6.77. The molecule has 1 aromatic rings. The third kappa shape index (κ3) is 13.8. The van der Waals surface area contributed by atoms with Crippen LogP contribution in [0.2, 0.25) is 0 Å². The lowest BCUT2D eigenvalue weighted by Gasteiger charge is -2.11. The number of methoxy groups -OCH3 is 2. The highest BCUT2D eigenvalue weighted by Gasteiger charge is 2.21. The molecule has 1 aromatic carbocycles. The zero-order valence-electron chi connectivity index (χ0n) is 20.2. The van der Waals surface area contributed by atoms with Crippen LogP contribution >= 0.6 is 0 Å². The Morgan fingerprint density at radius 1 is 0.600 bits per heavy atom. The summed E-state index contributed by atoms with van der Waals surface area (Å²) in [5.41, 5.74) is -0.504. The Kier molecular flexibility index (Phi) is 17.1. The Morgan fingerprint density at radius 3 is 1.43 bits per heavy atom. The van der Waals surface area contributed by atoms with Crippen molar-refractivity contribution in [2.75, 3.05) is 93.5 Å². The van der Waals surface area contributed by atoms with Gasteiger partial charge in [0.2, 0.25) is 0 Å². The number of carboxylic acids is 1. The first-order valence-electron chi connectivity index (χ1n) is 11.0. The van der Waals surface area contributed by atoms with E-state index in [1.165, 1.54) is 12.1 Å². The van der Waals surface area contributed by atoms with Crippen molar-refractivity contribution in [3.8, 4) is 0 Å². The number of hydrogen-bond donors (Lipinski definition) is 1. The average Bonchev–Trinajstić information content (AvgIpc) is 2.86. The van der Waals surface area contributed by atoms with Crippen LogP contribution in [-0.4, -0.2) is 117 Å². The highest BCUT2D eigenvalue weighted by Crippen LogP contribution is 2.15. The van der Waals surface area contributed by atoms with E-state index >= 15 is 0 Å². The smallest absolute Gasteiger partial charge is 0.339 e. The van der Waals surface area contributed by atoms with Gasteiger partial charge in [-0.3, -0.25) is 0 Å². The fraction of sp³-hybridized carbons (Fsp3) is 0.609. The van der Waals surface area contributed by atoms with Gasteiger partial charge in [0, 0.05) is 14.2 Å². The largest absolute Gasteiger partial charge is 0.478 e. The molecule has 0 amide bonds. The van der Waals surface area contributed by atoms with Gasteiger partial charge >= 0.3 is 17.9 Å². The molecule has 0 saturated heterocycles. The van der Waals surface area contributed by atoms with Crippen molar-refractivity contribution >= 4 is 17.9 Å². The lowest BCUT2D eigenvalue weighted by atomic mass is 10.0. The second-order valence-corrected chi connectivity index (χ2v) is 6.77. The second kappa shape index (κ2) is 19.7. The van der Waals surface area contributed by atoms with Gasteiger partial charge in [0.1, 0.15) is 13.2 Å². The van der Waals surface area contributed by atoms with Crippen LogP contribution in [0.1, 0.15) is 31.1 Å². The number of ether oxygens (including phenoxy) is 8. The normalized spacial score (nSPS) is 10.8. The number of hydrogen-bond acceptors (Lipinski definition) is 11. The fourth-order valence-corrected chi connectivity index (χ4v) is 2.49. The van der Waals surface area contributed by atoms with Crippen molar-refractivity contribution in [1.29, 1.82) is 0 Å². The standard InChI is InChI=1S/C23H34O12/c1-28-5-7-30-9-11-32-13-15-34-22(26)19-4-3-18(21(24)25)17-20(19)23(27)35-16-14-33-12-10-31-8-6-29-2/h3-4,17H,5-16H2,1-2H3,(H,24,25). The van der Waals surface area contributed by atoms with Gasteiger partial charge in [0.05, 0.1) is 82.8 Å². The molecule has 0 aliphatic heterocycles. The van der Waals surface area contributed by atoms with Gasteiger partial charge in [-0.2, -0.15) is 0 Å². The average molecular weight is 503 g/mol. The number of carbonyl (C=O) groups excluding carboxylic acids is 2. The third-order valence-electron chi connectivity index (χ3n) is 4.24. The summed E-state index contributed by atoms with van der Waals surface area (Å²) in [5, 5.41) is 9.22. The van der Waals surface area contributed by atoms with E-state index in [0.29, 0.717) is 52.9 Å². The van der Waals surface area contributed by atoms with Crippen molar-refractivity contribution < 1.29 is 57.4 Å². The van der Waals surface area contributed by atoms with Crippen LogP contribution in [-0.2, 0) is 37.9 Å². The van der Waals surface area contributed by atoms with Gasteiger partial charge in [0.15, 0.2) is 0 Å². The lowest BCUT2D eigenvalue weighted by molar-refractivity contribution is 0.00422. The topological polar surface area (TPSA) is 145 Å². The number of carboxylic acid groups (broad SMARTS) is 1. The Labute approximate surface area is 204 Å². The van der Waals surface area contributed by atoms with Gasteiger partial charge in [-0.25, -0.2) is 14.4 Å². The Morgan fingerprint density at radius 2 is 1.00 bits per heavy atom. The number of carbonyl (C=O) groups is 3. The summed E-state index contributed by atoms with van der Waals surface area (Å²) in [7, 11) is 3.15. The first kappa shape index (κ1) is 30.4. The molecule has 0 unspecified atom stereocenters. The number of benzene rings is 1. The minimum atomic E-state index is -1.25. The van der Waals surface area contributed by atoms with Crippen molar-refractivity contribution in [3.63, 3.8) is 0 Å². The molecule has 0 aliphatic carbocycles. The molecule has 12 heteroatoms. The van der Waals surface area contributed by atoms with E-state index in [0.717, 1.165) is 6.07 Å². The van der Waals surface area contributed by atoms with Crippen LogP contribution in [0.4, 0.5) is 0 Å². The summed E-state index contributed by atoms with van der Waals surface area (Å²) in [5.74, 6) is -2.93. The molecule has 0 heterocycles. The summed E-state index contributed by atoms with van der Waals surface area (Å²) < 4.78 is 41.0. The molecule has 0 bridgehead atoms. The number of aromatic carboxylic acids is 1. The lowest BCUT2D eigenvalue weighted by Crippen LogP contribution is -2.19. The summed E-state index contributed by atoms with van der Waals surface area (Å²) in [6.45, 7) is 3.28. The minimum absolute atomic E-state index is 0.0631. The predicted octanol–water partition coefficient (Wildman–Crippen LogP) is 1.06. The maximum Gasteiger partial charge on any atom is 0.339 e. The van der Waals surface area contributed by atoms with Crippen LogP contribution in [0.15, 0.2) is 18.2 Å². The van der Waals surface area contributed by atoms with Gasteiger partial charge in [-0.1, -0.05) is 0 Å². The minimum Gasteiger partial charge on any atom is -0.478 e. The maximum absolute atomic E-state index is 12.5. The van der Waals surface area contributed by atoms with E-state index in [1.807, 2.05) is 0 Å². The fourth-order valence-electron chi connectivity index (χ4n) is 2.49. The number of rotatable bonds is 21. The zero-order valence-corrected chi connectivity index (χ0v) is 20.2. The summed E-state index contributed by atoms with van der Waals surface area (Å²) in [4.78, 5) is 36.3. The summed E-state index contributed by atoms with van der Waals surface area (Å²) in [6, 6.07) is 3.48. The highest BCUT2D eigenvalue weighted by molar-refractivity contribution is 6.05. The summed E-state index contributed by atoms with van der Waals surface area (Å²) in [6.07, 6.45) is 0. The molecule has 12 nitrogen and oxygen atoms in total. The van der Waals surface area contributed by atoms with E-state index in [-0.39, 0.29) is 43.1 Å². The molecular formula is C23H34O12. The van der Waals surface area contributed by atoms with Crippen molar-refractivity contribution in [3.05, 3.63) is 34.9 Å². The van der Waals surface area contributed by atoms with Gasteiger partial charge in [-0.05, 0) is 18.2 Å². The van der Waals surface area contributed by atoms with E-state index in [1.54, 1.807) is 14.2 Å². The van der Waals surface area contributed by atoms with E-state index in [9.17, 15) is 19.5 Å². The predicted molar refractivity (Wildman–Crippen MR) is 121 cm³/mol. The quantitative estimate of drug-likeness (QED) is 0.189. The molecule has 198 valence electrons. The molecule has 1 N–H and O–H groups in total. The molecule has 0 aromatic heterocycles. The molecule has 0 radical (unpaired) electrons. The Hall–Kier alpha value is -2.61. The van der Waals surface area contributed by atoms with Crippen LogP contribution in [0, 0.1) is 0 Å².